The molecule has 0 saturated carbocycles. The van der Waals surface area contributed by atoms with Crippen molar-refractivity contribution in [2.45, 2.75) is 112 Å². The number of nitrogens with zero attached hydrogens (tertiary/aromatic N) is 2. The summed E-state index contributed by atoms with van der Waals surface area (Å²) in [6.07, 6.45) is 2.99. The van der Waals surface area contributed by atoms with E-state index >= 15 is 0 Å². The second kappa shape index (κ2) is 13.8. The van der Waals surface area contributed by atoms with E-state index in [0.717, 1.165) is 25.0 Å². The van der Waals surface area contributed by atoms with Gasteiger partial charge in [0.05, 0.1) is 18.1 Å². The highest BCUT2D eigenvalue weighted by Crippen LogP contribution is 2.28. The number of likely N-dealkylation sites (tertiary alicyclic amines) is 1. The van der Waals surface area contributed by atoms with Gasteiger partial charge in [0.25, 0.3) is 0 Å². The molecule has 0 unspecified atom stereocenters. The van der Waals surface area contributed by atoms with Gasteiger partial charge in [0, 0.05) is 26.7 Å². The molecule has 0 aromatic carbocycles. The quantitative estimate of drug-likeness (QED) is 0.371. The lowest BCUT2D eigenvalue weighted by Crippen LogP contribution is -2.57. The Kier molecular flexibility index (Phi) is 12.3. The summed E-state index contributed by atoms with van der Waals surface area (Å²) in [6.45, 7) is 20.5. The average Bonchev–Trinajstić information content (AvgIpc) is 3.20. The standard InChI is InChI=1S/C29H53N3O6/c1-18(2)22(31(11)25(33)24(28(5,6)7)30-27(36)38-29(8,9)10)16-19(3)17-32-15-13-14-21(32)23(37-12)20(4)26(34)35/h16,18,20-24H,13-15,17H2,1-12H3,(H,30,36)(H,34,35)/b19-16+/t20-,21+,22-,23-,24-/m1/s1. The molecule has 2 N–H and O–H groups in total. The number of hydrogen-bond acceptors (Lipinski definition) is 6. The average molecular weight is 540 g/mol. The van der Waals surface area contributed by atoms with Crippen molar-refractivity contribution in [2.75, 3.05) is 27.2 Å². The predicted molar refractivity (Wildman–Crippen MR) is 150 cm³/mol. The summed E-state index contributed by atoms with van der Waals surface area (Å²) in [7, 11) is 3.36. The van der Waals surface area contributed by atoms with Crippen LogP contribution in [0.5, 0.6) is 0 Å². The number of alkyl carbamates (subject to hydrolysis) is 1. The van der Waals surface area contributed by atoms with Crippen molar-refractivity contribution in [2.24, 2.45) is 17.3 Å². The number of nitrogens with one attached hydrogen (secondary N) is 1. The summed E-state index contributed by atoms with van der Waals surface area (Å²) in [5.41, 5.74) is -0.0962. The summed E-state index contributed by atoms with van der Waals surface area (Å²) in [4.78, 5) is 41.9. The molecule has 1 heterocycles. The molecule has 1 saturated heterocycles. The van der Waals surface area contributed by atoms with Crippen LogP contribution in [0.1, 0.15) is 82.1 Å². The Bertz CT molecular complexity index is 842. The van der Waals surface area contributed by atoms with E-state index in [1.807, 2.05) is 27.7 Å². The lowest BCUT2D eigenvalue weighted by Gasteiger charge is -2.38. The van der Waals surface area contributed by atoms with Crippen LogP contribution in [0, 0.1) is 17.3 Å². The highest BCUT2D eigenvalue weighted by atomic mass is 16.6. The molecule has 5 atom stereocenters. The number of carbonyl (C=O) groups excluding carboxylic acids is 2. The molecule has 0 aromatic heterocycles. The Morgan fingerprint density at radius 1 is 1.13 bits per heavy atom. The fourth-order valence-electron chi connectivity index (χ4n) is 5.10. The Labute approximate surface area is 230 Å². The Morgan fingerprint density at radius 2 is 1.71 bits per heavy atom. The predicted octanol–water partition coefficient (Wildman–Crippen LogP) is 4.56. The minimum Gasteiger partial charge on any atom is -0.481 e. The van der Waals surface area contributed by atoms with Crippen LogP contribution in [0.4, 0.5) is 4.79 Å². The lowest BCUT2D eigenvalue weighted by molar-refractivity contribution is -0.147. The Hall–Kier alpha value is -2.13. The maximum atomic E-state index is 13.7. The maximum absolute atomic E-state index is 13.7. The number of methoxy groups -OCH3 is 1. The molecule has 0 bridgehead atoms. The fraction of sp³-hybridized carbons (Fsp3) is 0.828. The number of rotatable bonds is 11. The summed E-state index contributed by atoms with van der Waals surface area (Å²) in [5.74, 6) is -1.51. The van der Waals surface area contributed by atoms with E-state index in [1.165, 1.54) is 0 Å². The number of carboxylic acids is 1. The van der Waals surface area contributed by atoms with E-state index in [-0.39, 0.29) is 30.0 Å². The van der Waals surface area contributed by atoms with Gasteiger partial charge in [-0.25, -0.2) is 4.79 Å². The minimum atomic E-state index is -0.857. The van der Waals surface area contributed by atoms with Gasteiger partial charge in [0.15, 0.2) is 0 Å². The van der Waals surface area contributed by atoms with Crippen molar-refractivity contribution in [1.29, 1.82) is 0 Å². The molecule has 0 aromatic rings. The highest BCUT2D eigenvalue weighted by molar-refractivity contribution is 5.86. The Morgan fingerprint density at radius 3 is 2.16 bits per heavy atom. The first-order valence-corrected chi connectivity index (χ1v) is 13.7. The summed E-state index contributed by atoms with van der Waals surface area (Å²) in [6, 6.07) is -0.931. The monoisotopic (exact) mass is 539 g/mol. The number of amides is 2. The first-order chi connectivity index (χ1) is 17.3. The van der Waals surface area contributed by atoms with Gasteiger partial charge in [-0.05, 0) is 65.3 Å². The minimum absolute atomic E-state index is 0.0228. The molecule has 0 radical (unpaired) electrons. The van der Waals surface area contributed by atoms with Gasteiger partial charge in [0.2, 0.25) is 5.91 Å². The van der Waals surface area contributed by atoms with E-state index in [4.69, 9.17) is 9.47 Å². The number of aliphatic carboxylic acids is 1. The number of carbonyl (C=O) groups is 3. The van der Waals surface area contributed by atoms with Gasteiger partial charge in [-0.2, -0.15) is 0 Å². The molecular formula is C29H53N3O6. The first-order valence-electron chi connectivity index (χ1n) is 13.7. The smallest absolute Gasteiger partial charge is 0.408 e. The fourth-order valence-corrected chi connectivity index (χ4v) is 5.10. The zero-order chi connectivity index (χ0) is 29.6. The SMILES string of the molecule is CO[C@H]([C@@H](C)C(=O)O)[C@@H]1CCCN1C/C(C)=C/[C@H](C(C)C)N(C)C(=O)[C@@H](NC(=O)OC(C)(C)C)C(C)(C)C. The van der Waals surface area contributed by atoms with Gasteiger partial charge in [-0.15, -0.1) is 0 Å². The van der Waals surface area contributed by atoms with Gasteiger partial charge < -0.3 is 24.8 Å². The van der Waals surface area contributed by atoms with E-state index in [0.29, 0.717) is 6.54 Å². The molecule has 220 valence electrons. The zero-order valence-electron chi connectivity index (χ0n) is 25.8. The summed E-state index contributed by atoms with van der Waals surface area (Å²) >= 11 is 0. The van der Waals surface area contributed by atoms with Crippen LogP contribution in [0.25, 0.3) is 0 Å². The molecule has 1 aliphatic rings. The van der Waals surface area contributed by atoms with Crippen LogP contribution in [0.3, 0.4) is 0 Å². The van der Waals surface area contributed by atoms with E-state index < -0.39 is 35.0 Å². The van der Waals surface area contributed by atoms with Crippen LogP contribution in [0.2, 0.25) is 0 Å². The van der Waals surface area contributed by atoms with Crippen molar-refractivity contribution in [3.8, 4) is 0 Å². The molecule has 38 heavy (non-hydrogen) atoms. The van der Waals surface area contributed by atoms with Crippen LogP contribution in [-0.2, 0) is 19.1 Å². The molecule has 2 amide bonds. The summed E-state index contributed by atoms with van der Waals surface area (Å²) in [5, 5.41) is 12.3. The second-order valence-electron chi connectivity index (χ2n) is 13.1. The number of hydrogen-bond donors (Lipinski definition) is 2. The van der Waals surface area contributed by atoms with Gasteiger partial charge in [-0.1, -0.05) is 46.3 Å². The number of carboxylic acid groups (broad SMARTS) is 1. The van der Waals surface area contributed by atoms with Crippen molar-refractivity contribution < 1.29 is 29.0 Å². The van der Waals surface area contributed by atoms with Crippen molar-refractivity contribution in [1.82, 2.24) is 15.1 Å². The molecular weight excluding hydrogens is 486 g/mol. The zero-order valence-corrected chi connectivity index (χ0v) is 25.8. The van der Waals surface area contributed by atoms with Crippen LogP contribution in [-0.4, -0.2) is 90.0 Å². The van der Waals surface area contributed by atoms with E-state index in [2.05, 4.69) is 30.1 Å². The van der Waals surface area contributed by atoms with Crippen LogP contribution in [0.15, 0.2) is 11.6 Å². The van der Waals surface area contributed by atoms with Crippen molar-refractivity contribution in [3.05, 3.63) is 11.6 Å². The van der Waals surface area contributed by atoms with E-state index in [9.17, 15) is 19.5 Å². The second-order valence-corrected chi connectivity index (χ2v) is 13.1. The third-order valence-corrected chi connectivity index (χ3v) is 7.11. The maximum Gasteiger partial charge on any atom is 0.408 e. The lowest BCUT2D eigenvalue weighted by atomic mass is 9.85. The highest BCUT2D eigenvalue weighted by Gasteiger charge is 2.39. The van der Waals surface area contributed by atoms with Crippen LogP contribution >= 0.6 is 0 Å². The van der Waals surface area contributed by atoms with Crippen molar-refractivity contribution in [3.63, 3.8) is 0 Å². The van der Waals surface area contributed by atoms with Gasteiger partial charge in [0.1, 0.15) is 11.6 Å². The number of ether oxygens (including phenoxy) is 2. The summed E-state index contributed by atoms with van der Waals surface area (Å²) < 4.78 is 11.1. The molecule has 1 rings (SSSR count). The van der Waals surface area contributed by atoms with Crippen LogP contribution < -0.4 is 5.32 Å². The van der Waals surface area contributed by atoms with Gasteiger partial charge >= 0.3 is 12.1 Å². The molecule has 1 aliphatic heterocycles. The topological polar surface area (TPSA) is 108 Å². The molecule has 9 heteroatoms. The number of likely N-dealkylation sites (N-methyl/N-ethyl adjacent to an activating group) is 1. The molecule has 0 aliphatic carbocycles. The third kappa shape index (κ3) is 9.88. The van der Waals surface area contributed by atoms with Gasteiger partial charge in [-0.3, -0.25) is 14.5 Å². The Balaban J connectivity index is 3.12. The molecule has 9 nitrogen and oxygen atoms in total. The first kappa shape index (κ1) is 33.9. The van der Waals surface area contributed by atoms with E-state index in [1.54, 1.807) is 46.8 Å². The largest absolute Gasteiger partial charge is 0.481 e. The normalized spacial score (nSPS) is 20.6. The third-order valence-electron chi connectivity index (χ3n) is 7.11. The van der Waals surface area contributed by atoms with Crippen molar-refractivity contribution >= 4 is 18.0 Å². The molecule has 0 spiro atoms. The molecule has 1 fully saturated rings.